The van der Waals surface area contributed by atoms with Crippen LogP contribution in [0.1, 0.15) is 11.1 Å². The van der Waals surface area contributed by atoms with Gasteiger partial charge < -0.3 is 26.0 Å². The molecule has 0 saturated carbocycles. The zero-order chi connectivity index (χ0) is 20.1. The van der Waals surface area contributed by atoms with Crippen LogP contribution in [0.3, 0.4) is 0 Å². The van der Waals surface area contributed by atoms with Crippen LogP contribution in [0.2, 0.25) is 0 Å². The van der Waals surface area contributed by atoms with Crippen molar-refractivity contribution in [2.24, 2.45) is 16.5 Å². The van der Waals surface area contributed by atoms with Gasteiger partial charge in [0, 0.05) is 37.9 Å². The molecule has 28 heavy (non-hydrogen) atoms. The number of ether oxygens (including phenoxy) is 1. The maximum atomic E-state index is 14.9. The normalized spacial score (nSPS) is 13.9. The summed E-state index contributed by atoms with van der Waals surface area (Å²) in [6, 6.07) is 9.02. The van der Waals surface area contributed by atoms with E-state index in [-0.39, 0.29) is 12.2 Å². The van der Waals surface area contributed by atoms with Crippen molar-refractivity contribution < 1.29 is 13.9 Å². The number of carbonyl (C=O) groups is 1. The second-order valence-corrected chi connectivity index (χ2v) is 6.51. The number of hydrogen-bond acceptors (Lipinski definition) is 5. The lowest BCUT2D eigenvalue weighted by atomic mass is 10.1. The summed E-state index contributed by atoms with van der Waals surface area (Å²) in [5.41, 5.74) is 12.1. The van der Waals surface area contributed by atoms with Crippen molar-refractivity contribution in [2.45, 2.75) is 13.5 Å². The Morgan fingerprint density at radius 1 is 1.21 bits per heavy atom. The summed E-state index contributed by atoms with van der Waals surface area (Å²) < 4.78 is 19.8. The summed E-state index contributed by atoms with van der Waals surface area (Å²) in [6.07, 6.45) is 0.841. The fourth-order valence-electron chi connectivity index (χ4n) is 3.07. The van der Waals surface area contributed by atoms with Crippen LogP contribution in [0.5, 0.6) is 0 Å². The maximum absolute atomic E-state index is 14.9. The monoisotopic (exact) mass is 386 g/mol. The Morgan fingerprint density at radius 2 is 1.93 bits per heavy atom. The Kier molecular flexibility index (Phi) is 5.93. The fraction of sp³-hybridized carbons (Fsp3) is 0.316. The molecule has 9 heteroatoms. The van der Waals surface area contributed by atoms with Crippen molar-refractivity contribution in [3.63, 3.8) is 0 Å². The molecule has 1 fully saturated rings. The highest BCUT2D eigenvalue weighted by Crippen LogP contribution is 2.25. The first-order chi connectivity index (χ1) is 13.4. The van der Waals surface area contributed by atoms with Gasteiger partial charge in [-0.2, -0.15) is 0 Å². The minimum Gasteiger partial charge on any atom is -0.443 e. The molecule has 8 nitrogen and oxygen atoms in total. The molecular formula is C19H23FN6O2. The fourth-order valence-corrected chi connectivity index (χ4v) is 3.07. The average molecular weight is 386 g/mol. The summed E-state index contributed by atoms with van der Waals surface area (Å²) in [4.78, 5) is 23.2. The smallest absolute Gasteiger partial charge is 0.437 e. The lowest BCUT2D eigenvalue weighted by Crippen LogP contribution is -2.47. The topological polar surface area (TPSA) is 110 Å². The first-order valence-electron chi connectivity index (χ1n) is 8.90. The summed E-state index contributed by atoms with van der Waals surface area (Å²) in [6.45, 7) is 4.57. The first kappa shape index (κ1) is 19.4. The number of hydrogen-bond donors (Lipinski definition) is 2. The molecular weight excluding hydrogens is 363 g/mol. The SMILES string of the molecule is Cc1ccnc(N2CCN(c3cccc(COC(=O)N=C(N)N)c3F)CC2)c1. The first-order valence-corrected chi connectivity index (χ1v) is 8.90. The van der Waals surface area contributed by atoms with Gasteiger partial charge in [0.25, 0.3) is 0 Å². The number of piperazine rings is 1. The van der Waals surface area contributed by atoms with Crippen LogP contribution < -0.4 is 21.3 Å². The van der Waals surface area contributed by atoms with Crippen molar-refractivity contribution in [1.82, 2.24) is 4.98 Å². The standard InChI is InChI=1S/C19H23FN6O2/c1-13-5-6-23-16(11-13)26-9-7-25(8-10-26)15-4-2-3-14(17(15)20)12-28-19(27)24-18(21)22/h2-6,11H,7-10,12H2,1H3,(H4,21,22,24,27). The van der Waals surface area contributed by atoms with E-state index in [0.717, 1.165) is 24.5 Å². The molecule has 2 aromatic rings. The number of carbonyl (C=O) groups excluding carboxylic acids is 1. The third kappa shape index (κ3) is 4.67. The van der Waals surface area contributed by atoms with Crippen LogP contribution >= 0.6 is 0 Å². The number of aryl methyl sites for hydroxylation is 1. The van der Waals surface area contributed by atoms with Crippen molar-refractivity contribution in [3.8, 4) is 0 Å². The number of halogens is 1. The zero-order valence-corrected chi connectivity index (χ0v) is 15.6. The molecule has 0 spiro atoms. The Bertz CT molecular complexity index is 876. The van der Waals surface area contributed by atoms with Gasteiger partial charge in [0.2, 0.25) is 0 Å². The summed E-state index contributed by atoms with van der Waals surface area (Å²) in [5.74, 6) is 0.114. The van der Waals surface area contributed by atoms with Gasteiger partial charge in [0.05, 0.1) is 5.69 Å². The van der Waals surface area contributed by atoms with E-state index >= 15 is 0 Å². The molecule has 3 rings (SSSR count). The molecule has 0 aliphatic carbocycles. The molecule has 2 heterocycles. The third-order valence-electron chi connectivity index (χ3n) is 4.48. The second kappa shape index (κ2) is 8.55. The number of benzene rings is 1. The van der Waals surface area contributed by atoms with Crippen LogP contribution in [0, 0.1) is 12.7 Å². The van der Waals surface area contributed by atoms with E-state index in [0.29, 0.717) is 18.8 Å². The minimum absolute atomic E-state index is 0.248. The highest BCUT2D eigenvalue weighted by Gasteiger charge is 2.22. The van der Waals surface area contributed by atoms with Crippen LogP contribution in [0.4, 0.5) is 20.7 Å². The molecule has 148 valence electrons. The van der Waals surface area contributed by atoms with E-state index < -0.39 is 17.9 Å². The Hall–Kier alpha value is -3.36. The highest BCUT2D eigenvalue weighted by molar-refractivity contribution is 5.87. The lowest BCUT2D eigenvalue weighted by Gasteiger charge is -2.37. The summed E-state index contributed by atoms with van der Waals surface area (Å²) in [7, 11) is 0. The molecule has 0 atom stereocenters. The Labute approximate surface area is 162 Å². The Balaban J connectivity index is 1.65. The molecule has 0 bridgehead atoms. The van der Waals surface area contributed by atoms with E-state index in [1.807, 2.05) is 24.0 Å². The number of anilines is 2. The predicted molar refractivity (Wildman–Crippen MR) is 106 cm³/mol. The quantitative estimate of drug-likeness (QED) is 0.609. The minimum atomic E-state index is -0.955. The maximum Gasteiger partial charge on any atom is 0.437 e. The molecule has 0 radical (unpaired) electrons. The van der Waals surface area contributed by atoms with Crippen molar-refractivity contribution >= 4 is 23.6 Å². The number of nitrogens with zero attached hydrogens (tertiary/aromatic N) is 4. The van der Waals surface area contributed by atoms with Crippen LogP contribution in [-0.4, -0.2) is 43.2 Å². The Morgan fingerprint density at radius 3 is 2.61 bits per heavy atom. The number of rotatable bonds is 4. The summed E-state index contributed by atoms with van der Waals surface area (Å²) in [5, 5.41) is 0. The number of pyridine rings is 1. The number of guanidine groups is 1. The van der Waals surface area contributed by atoms with Crippen molar-refractivity contribution in [2.75, 3.05) is 36.0 Å². The number of nitrogens with two attached hydrogens (primary N) is 2. The molecule has 4 N–H and O–H groups in total. The predicted octanol–water partition coefficient (Wildman–Crippen LogP) is 1.77. The molecule has 1 aromatic carbocycles. The van der Waals surface area contributed by atoms with Gasteiger partial charge in [0.1, 0.15) is 12.4 Å². The van der Waals surface area contributed by atoms with E-state index in [2.05, 4.69) is 14.9 Å². The van der Waals surface area contributed by atoms with Gasteiger partial charge >= 0.3 is 6.09 Å². The molecule has 0 unspecified atom stereocenters. The average Bonchev–Trinajstić information content (AvgIpc) is 2.67. The molecule has 1 saturated heterocycles. The van der Waals surface area contributed by atoms with Crippen LogP contribution in [0.15, 0.2) is 41.5 Å². The number of aliphatic imine (C=N–C) groups is 1. The molecule has 1 amide bonds. The largest absolute Gasteiger partial charge is 0.443 e. The third-order valence-corrected chi connectivity index (χ3v) is 4.48. The molecule has 1 aliphatic heterocycles. The van der Waals surface area contributed by atoms with Gasteiger partial charge in [-0.15, -0.1) is 4.99 Å². The molecule has 1 aromatic heterocycles. The van der Waals surface area contributed by atoms with Gasteiger partial charge in [-0.3, -0.25) is 0 Å². The lowest BCUT2D eigenvalue weighted by molar-refractivity contribution is 0.149. The van der Waals surface area contributed by atoms with Crippen molar-refractivity contribution in [1.29, 1.82) is 0 Å². The van der Waals surface area contributed by atoms with E-state index in [9.17, 15) is 9.18 Å². The second-order valence-electron chi connectivity index (χ2n) is 6.51. The highest BCUT2D eigenvalue weighted by atomic mass is 19.1. The van der Waals surface area contributed by atoms with E-state index in [1.165, 1.54) is 0 Å². The van der Waals surface area contributed by atoms with Gasteiger partial charge in [-0.1, -0.05) is 12.1 Å². The van der Waals surface area contributed by atoms with E-state index in [4.69, 9.17) is 16.2 Å². The zero-order valence-electron chi connectivity index (χ0n) is 15.6. The van der Waals surface area contributed by atoms with Gasteiger partial charge in [-0.25, -0.2) is 14.2 Å². The van der Waals surface area contributed by atoms with Crippen LogP contribution in [0.25, 0.3) is 0 Å². The number of aromatic nitrogens is 1. The van der Waals surface area contributed by atoms with Crippen molar-refractivity contribution in [3.05, 3.63) is 53.5 Å². The van der Waals surface area contributed by atoms with E-state index in [1.54, 1.807) is 24.4 Å². The van der Waals surface area contributed by atoms with Crippen LogP contribution in [-0.2, 0) is 11.3 Å². The summed E-state index contributed by atoms with van der Waals surface area (Å²) >= 11 is 0. The van der Waals surface area contributed by atoms with Gasteiger partial charge in [0.15, 0.2) is 11.8 Å². The number of amides is 1. The van der Waals surface area contributed by atoms with Gasteiger partial charge in [-0.05, 0) is 30.7 Å². The molecule has 1 aliphatic rings.